The van der Waals surface area contributed by atoms with Crippen molar-refractivity contribution < 1.29 is 0 Å². The largest absolute Gasteiger partial charge is 0.159 e. The molecule has 0 atom stereocenters. The van der Waals surface area contributed by atoms with Gasteiger partial charge in [-0.2, -0.15) is 10.2 Å². The maximum Gasteiger partial charge on any atom is 0.0568 e. The minimum Gasteiger partial charge on any atom is -0.159 e. The predicted octanol–water partition coefficient (Wildman–Crippen LogP) is 6.78. The first-order chi connectivity index (χ1) is 13.3. The van der Waals surface area contributed by atoms with Gasteiger partial charge in [0, 0.05) is 0 Å². The van der Waals surface area contributed by atoms with E-state index < -0.39 is 0 Å². The van der Waals surface area contributed by atoms with Crippen molar-refractivity contribution in [2.45, 2.75) is 64.7 Å². The van der Waals surface area contributed by atoms with Gasteiger partial charge in [-0.05, 0) is 66.2 Å². The molecule has 0 radical (unpaired) electrons. The molecular formula is C25H32N2. The summed E-state index contributed by atoms with van der Waals surface area (Å²) in [7, 11) is 0. The fourth-order valence-electron chi connectivity index (χ4n) is 4.09. The van der Waals surface area contributed by atoms with Crippen molar-refractivity contribution in [3.05, 3.63) is 70.8 Å². The third-order valence-electron chi connectivity index (χ3n) is 5.82. The summed E-state index contributed by atoms with van der Waals surface area (Å²) < 4.78 is 0. The van der Waals surface area contributed by atoms with Gasteiger partial charge in [-0.15, -0.1) is 0 Å². The van der Waals surface area contributed by atoms with Crippen LogP contribution < -0.4 is 0 Å². The molecule has 142 valence electrons. The van der Waals surface area contributed by atoms with Gasteiger partial charge in [0.25, 0.3) is 0 Å². The highest BCUT2D eigenvalue weighted by atomic mass is 15.2. The van der Waals surface area contributed by atoms with Crippen molar-refractivity contribution in [1.29, 1.82) is 0 Å². The van der Waals surface area contributed by atoms with Crippen molar-refractivity contribution in [3.8, 4) is 0 Å². The Morgan fingerprint density at radius 3 is 1.85 bits per heavy atom. The summed E-state index contributed by atoms with van der Waals surface area (Å²) in [6.07, 6.45) is 12.9. The summed E-state index contributed by atoms with van der Waals surface area (Å²) in [4.78, 5) is 0. The van der Waals surface area contributed by atoms with Crippen molar-refractivity contribution in [1.82, 2.24) is 0 Å². The van der Waals surface area contributed by atoms with Crippen molar-refractivity contribution in [3.63, 3.8) is 0 Å². The molecule has 0 spiro atoms. The fourth-order valence-corrected chi connectivity index (χ4v) is 4.09. The first-order valence-corrected chi connectivity index (χ1v) is 10.5. The molecule has 1 aliphatic carbocycles. The second kappa shape index (κ2) is 10.2. The van der Waals surface area contributed by atoms with Crippen LogP contribution >= 0.6 is 0 Å². The molecule has 2 heteroatoms. The molecule has 0 saturated heterocycles. The van der Waals surface area contributed by atoms with Gasteiger partial charge >= 0.3 is 0 Å². The zero-order chi connectivity index (χ0) is 18.9. The van der Waals surface area contributed by atoms with E-state index in [1.165, 1.54) is 49.7 Å². The van der Waals surface area contributed by atoms with Crippen molar-refractivity contribution >= 4 is 12.4 Å². The summed E-state index contributed by atoms with van der Waals surface area (Å²) in [6.45, 7) is 4.47. The third kappa shape index (κ3) is 5.89. The molecule has 3 rings (SSSR count). The lowest BCUT2D eigenvalue weighted by Crippen LogP contribution is -2.13. The molecule has 0 aromatic heterocycles. The topological polar surface area (TPSA) is 24.7 Å². The monoisotopic (exact) mass is 360 g/mol. The molecule has 1 saturated carbocycles. The second-order valence-electron chi connectivity index (χ2n) is 7.76. The van der Waals surface area contributed by atoms with Gasteiger partial charge in [-0.1, -0.05) is 75.2 Å². The molecule has 2 aromatic carbocycles. The lowest BCUT2D eigenvalue weighted by atomic mass is 9.77. The highest BCUT2D eigenvalue weighted by molar-refractivity contribution is 5.82. The molecule has 27 heavy (non-hydrogen) atoms. The Labute approximate surface area is 164 Å². The Balaban J connectivity index is 1.51. The van der Waals surface area contributed by atoms with Gasteiger partial charge in [-0.3, -0.25) is 0 Å². The number of benzene rings is 2. The Hall–Kier alpha value is -2.22. The lowest BCUT2D eigenvalue weighted by Gasteiger charge is -2.28. The number of nitrogens with zero attached hydrogens (tertiary/aromatic N) is 2. The Morgan fingerprint density at radius 2 is 1.33 bits per heavy atom. The molecule has 2 nitrogen and oxygen atoms in total. The van der Waals surface area contributed by atoms with Crippen molar-refractivity contribution in [2.75, 3.05) is 0 Å². The third-order valence-corrected chi connectivity index (χ3v) is 5.82. The molecule has 1 aliphatic rings. The number of rotatable bonds is 7. The van der Waals surface area contributed by atoms with E-state index in [0.717, 1.165) is 29.4 Å². The van der Waals surface area contributed by atoms with E-state index in [4.69, 9.17) is 0 Å². The van der Waals surface area contributed by atoms with Crippen molar-refractivity contribution in [2.24, 2.45) is 16.1 Å². The lowest BCUT2D eigenvalue weighted by molar-refractivity contribution is 0.308. The van der Waals surface area contributed by atoms with Crippen LogP contribution in [0.15, 0.2) is 58.7 Å². The molecule has 0 N–H and O–H groups in total. The van der Waals surface area contributed by atoms with Crippen LogP contribution in [0, 0.1) is 5.92 Å². The molecule has 1 fully saturated rings. The average Bonchev–Trinajstić information content (AvgIpc) is 2.73. The Bertz CT molecular complexity index is 733. The highest BCUT2D eigenvalue weighted by Crippen LogP contribution is 2.37. The second-order valence-corrected chi connectivity index (χ2v) is 7.76. The molecular weight excluding hydrogens is 328 g/mol. The van der Waals surface area contributed by atoms with Crippen LogP contribution in [-0.4, -0.2) is 12.4 Å². The fraction of sp³-hybridized carbons (Fsp3) is 0.440. The van der Waals surface area contributed by atoms with Gasteiger partial charge in [0.05, 0.1) is 12.4 Å². The Morgan fingerprint density at radius 1 is 0.778 bits per heavy atom. The van der Waals surface area contributed by atoms with E-state index in [-0.39, 0.29) is 0 Å². The van der Waals surface area contributed by atoms with Gasteiger partial charge in [0.1, 0.15) is 0 Å². The van der Waals surface area contributed by atoms with E-state index in [2.05, 4.69) is 72.6 Å². The van der Waals surface area contributed by atoms with Crippen LogP contribution in [0.4, 0.5) is 0 Å². The quantitative estimate of drug-likeness (QED) is 0.384. The molecule has 0 heterocycles. The summed E-state index contributed by atoms with van der Waals surface area (Å²) in [5, 5.41) is 8.37. The van der Waals surface area contributed by atoms with Crippen LogP contribution in [0.25, 0.3) is 0 Å². The Kier molecular flexibility index (Phi) is 7.38. The van der Waals surface area contributed by atoms with E-state index in [9.17, 15) is 0 Å². The van der Waals surface area contributed by atoms with E-state index >= 15 is 0 Å². The van der Waals surface area contributed by atoms with E-state index in [1.807, 2.05) is 6.21 Å². The number of aryl methyl sites for hydroxylation is 1. The SMILES string of the molecule is CCCC1CCC(c2ccc(/C=N/N=C/c3ccc(CC)cc3)cc2)CC1. The normalized spacial score (nSPS) is 20.5. The average molecular weight is 361 g/mol. The summed E-state index contributed by atoms with van der Waals surface area (Å²) in [5.74, 6) is 1.71. The minimum absolute atomic E-state index is 0.744. The van der Waals surface area contributed by atoms with E-state index in [0.29, 0.717) is 0 Å². The van der Waals surface area contributed by atoms with Crippen LogP contribution in [-0.2, 0) is 6.42 Å². The molecule has 0 bridgehead atoms. The van der Waals surface area contributed by atoms with Gasteiger partial charge < -0.3 is 0 Å². The van der Waals surface area contributed by atoms with Crippen LogP contribution in [0.1, 0.15) is 80.5 Å². The smallest absolute Gasteiger partial charge is 0.0568 e. The summed E-state index contributed by atoms with van der Waals surface area (Å²) in [5.41, 5.74) is 5.02. The molecule has 0 amide bonds. The first-order valence-electron chi connectivity index (χ1n) is 10.5. The highest BCUT2D eigenvalue weighted by Gasteiger charge is 2.21. The van der Waals surface area contributed by atoms with Crippen LogP contribution in [0.3, 0.4) is 0 Å². The summed E-state index contributed by atoms with van der Waals surface area (Å²) >= 11 is 0. The molecule has 2 aromatic rings. The van der Waals surface area contributed by atoms with Crippen LogP contribution in [0.5, 0.6) is 0 Å². The standard InChI is InChI=1S/C25H32N2/c1-3-5-21-10-14-24(15-11-21)25-16-12-23(13-17-25)19-27-26-18-22-8-6-20(4-2)7-9-22/h6-9,12-13,16-19,21,24H,3-5,10-11,14-15H2,1-2H3/b26-18+,27-19+. The minimum atomic E-state index is 0.744. The summed E-state index contributed by atoms with van der Waals surface area (Å²) in [6, 6.07) is 17.3. The van der Waals surface area contributed by atoms with Crippen LogP contribution in [0.2, 0.25) is 0 Å². The first kappa shape index (κ1) is 19.5. The predicted molar refractivity (Wildman–Crippen MR) is 117 cm³/mol. The molecule has 0 aliphatic heterocycles. The number of hydrogen-bond acceptors (Lipinski definition) is 2. The maximum absolute atomic E-state index is 4.20. The zero-order valence-electron chi connectivity index (χ0n) is 16.8. The van der Waals surface area contributed by atoms with Gasteiger partial charge in [-0.25, -0.2) is 0 Å². The molecule has 0 unspecified atom stereocenters. The number of hydrogen-bond donors (Lipinski definition) is 0. The van der Waals surface area contributed by atoms with Gasteiger partial charge in [0.15, 0.2) is 0 Å². The van der Waals surface area contributed by atoms with E-state index in [1.54, 1.807) is 6.21 Å². The maximum atomic E-state index is 4.20. The van der Waals surface area contributed by atoms with Gasteiger partial charge in [0.2, 0.25) is 0 Å². The zero-order valence-corrected chi connectivity index (χ0v) is 16.8.